The lowest BCUT2D eigenvalue weighted by Crippen LogP contribution is -2.23. The minimum atomic E-state index is 0.0217. The molecule has 22 heavy (non-hydrogen) atoms. The molecule has 2 heterocycles. The Morgan fingerprint density at radius 3 is 2.59 bits per heavy atom. The number of rotatable bonds is 5. The van der Waals surface area contributed by atoms with Crippen molar-refractivity contribution in [1.29, 1.82) is 0 Å². The van der Waals surface area contributed by atoms with Gasteiger partial charge in [-0.05, 0) is 25.0 Å². The third kappa shape index (κ3) is 2.52. The molecule has 1 aliphatic heterocycles. The van der Waals surface area contributed by atoms with E-state index < -0.39 is 0 Å². The van der Waals surface area contributed by atoms with Gasteiger partial charge in [-0.15, -0.1) is 0 Å². The van der Waals surface area contributed by atoms with Gasteiger partial charge in [-0.3, -0.25) is 9.59 Å². The third-order valence-electron chi connectivity index (χ3n) is 4.70. The van der Waals surface area contributed by atoms with Crippen molar-refractivity contribution in [1.82, 2.24) is 4.57 Å². The van der Waals surface area contributed by atoms with E-state index in [1.807, 2.05) is 60.9 Å². The van der Waals surface area contributed by atoms with Gasteiger partial charge in [0.2, 0.25) is 5.78 Å². The van der Waals surface area contributed by atoms with Crippen molar-refractivity contribution in [2.75, 3.05) is 0 Å². The third-order valence-corrected chi connectivity index (χ3v) is 4.70. The van der Waals surface area contributed by atoms with Crippen molar-refractivity contribution in [3.8, 4) is 0 Å². The molecule has 0 saturated heterocycles. The van der Waals surface area contributed by atoms with Gasteiger partial charge in [-0.1, -0.05) is 44.2 Å². The van der Waals surface area contributed by atoms with E-state index in [1.165, 1.54) is 0 Å². The Labute approximate surface area is 131 Å². The molecule has 114 valence electrons. The molecule has 0 fully saturated rings. The molecular weight excluding hydrogens is 274 g/mol. The maximum Gasteiger partial charge on any atom is 0.209 e. The van der Waals surface area contributed by atoms with E-state index in [-0.39, 0.29) is 17.6 Å². The molecule has 1 aromatic carbocycles. The molecule has 3 rings (SSSR count). The fourth-order valence-corrected chi connectivity index (χ4v) is 3.17. The molecule has 0 aliphatic carbocycles. The molecule has 2 aromatic rings. The van der Waals surface area contributed by atoms with Crippen LogP contribution in [0, 0.1) is 11.8 Å². The van der Waals surface area contributed by atoms with Gasteiger partial charge >= 0.3 is 0 Å². The molecule has 0 amide bonds. The Hall–Kier alpha value is -2.16. The lowest BCUT2D eigenvalue weighted by Gasteiger charge is -2.13. The molecule has 0 radical (unpaired) electrons. The molecule has 1 aliphatic rings. The number of nitrogens with zero attached hydrogens (tertiary/aromatic N) is 1. The summed E-state index contributed by atoms with van der Waals surface area (Å²) in [5.74, 6) is 0.476. The summed E-state index contributed by atoms with van der Waals surface area (Å²) in [5, 5.41) is 0. The average molecular weight is 295 g/mol. The van der Waals surface area contributed by atoms with E-state index >= 15 is 0 Å². The molecular formula is C19H21NO2. The smallest absolute Gasteiger partial charge is 0.209 e. The summed E-state index contributed by atoms with van der Waals surface area (Å²) in [4.78, 5) is 25.0. The van der Waals surface area contributed by atoms with Crippen LogP contribution in [0.5, 0.6) is 0 Å². The van der Waals surface area contributed by atoms with Crippen LogP contribution in [0.1, 0.15) is 42.0 Å². The zero-order valence-electron chi connectivity index (χ0n) is 13.1. The predicted octanol–water partition coefficient (Wildman–Crippen LogP) is 3.51. The number of benzene rings is 1. The fourth-order valence-electron chi connectivity index (χ4n) is 3.17. The number of ketones is 2. The molecule has 0 saturated carbocycles. The number of Topliss-reactive ketones (excluding diaryl/α,β-unsaturated/α-hetero) is 1. The molecule has 1 aromatic heterocycles. The van der Waals surface area contributed by atoms with Crippen LogP contribution < -0.4 is 0 Å². The standard InChI is InChI=1S/C19H21NO2/c1-3-13(2)18(21)15-11-16-9-10-17(20(16)12-15)19(22)14-7-5-4-6-8-14/h4-10,13,15H,3,11-12H2,1-2H3. The monoisotopic (exact) mass is 295 g/mol. The van der Waals surface area contributed by atoms with Gasteiger partial charge in [0.05, 0.1) is 5.69 Å². The van der Waals surface area contributed by atoms with Crippen LogP contribution >= 0.6 is 0 Å². The van der Waals surface area contributed by atoms with Crippen molar-refractivity contribution in [3.63, 3.8) is 0 Å². The highest BCUT2D eigenvalue weighted by Crippen LogP contribution is 2.28. The molecule has 0 spiro atoms. The number of carbonyl (C=O) groups is 2. The van der Waals surface area contributed by atoms with Gasteiger partial charge in [0, 0.05) is 29.6 Å². The quantitative estimate of drug-likeness (QED) is 0.792. The summed E-state index contributed by atoms with van der Waals surface area (Å²) < 4.78 is 2.03. The highest BCUT2D eigenvalue weighted by Gasteiger charge is 2.32. The highest BCUT2D eigenvalue weighted by molar-refractivity contribution is 6.08. The maximum atomic E-state index is 12.6. The van der Waals surface area contributed by atoms with Crippen LogP contribution in [0.15, 0.2) is 42.5 Å². The lowest BCUT2D eigenvalue weighted by molar-refractivity contribution is -0.126. The summed E-state index contributed by atoms with van der Waals surface area (Å²) in [6.45, 7) is 4.67. The van der Waals surface area contributed by atoms with Gasteiger partial charge in [-0.25, -0.2) is 0 Å². The normalized spacial score (nSPS) is 18.0. The van der Waals surface area contributed by atoms with E-state index in [0.29, 0.717) is 23.6 Å². The molecule has 0 N–H and O–H groups in total. The Morgan fingerprint density at radius 1 is 1.18 bits per heavy atom. The van der Waals surface area contributed by atoms with Crippen LogP contribution in [0.4, 0.5) is 0 Å². The maximum absolute atomic E-state index is 12.6. The Bertz CT molecular complexity index is 699. The van der Waals surface area contributed by atoms with Gasteiger partial charge in [0.25, 0.3) is 0 Å². The first-order chi connectivity index (χ1) is 10.6. The SMILES string of the molecule is CCC(C)C(=O)C1Cc2ccc(C(=O)c3ccccc3)n2C1. The second-order valence-corrected chi connectivity index (χ2v) is 6.13. The zero-order chi connectivity index (χ0) is 15.7. The zero-order valence-corrected chi connectivity index (χ0v) is 13.1. The highest BCUT2D eigenvalue weighted by atomic mass is 16.1. The van der Waals surface area contributed by atoms with Crippen molar-refractivity contribution in [2.24, 2.45) is 11.8 Å². The number of fused-ring (bicyclic) bond motifs is 1. The summed E-state index contributed by atoms with van der Waals surface area (Å²) in [5.41, 5.74) is 2.49. The van der Waals surface area contributed by atoms with E-state index in [2.05, 4.69) is 0 Å². The fraction of sp³-hybridized carbons (Fsp3) is 0.368. The first kappa shape index (κ1) is 14.8. The first-order valence-corrected chi connectivity index (χ1v) is 7.93. The van der Waals surface area contributed by atoms with Gasteiger partial charge in [0.1, 0.15) is 5.78 Å². The molecule has 2 atom stereocenters. The summed E-state index contributed by atoms with van der Waals surface area (Å²) in [6.07, 6.45) is 1.63. The Morgan fingerprint density at radius 2 is 1.91 bits per heavy atom. The van der Waals surface area contributed by atoms with Crippen LogP contribution in [-0.4, -0.2) is 16.1 Å². The number of hydrogen-bond acceptors (Lipinski definition) is 2. The van der Waals surface area contributed by atoms with E-state index in [0.717, 1.165) is 18.5 Å². The second kappa shape index (κ2) is 5.91. The van der Waals surface area contributed by atoms with Crippen molar-refractivity contribution >= 4 is 11.6 Å². The van der Waals surface area contributed by atoms with Crippen molar-refractivity contribution in [3.05, 3.63) is 59.4 Å². The van der Waals surface area contributed by atoms with Crippen LogP contribution in [0.2, 0.25) is 0 Å². The van der Waals surface area contributed by atoms with Crippen LogP contribution in [0.25, 0.3) is 0 Å². The van der Waals surface area contributed by atoms with Gasteiger partial charge < -0.3 is 4.57 Å². The largest absolute Gasteiger partial charge is 0.341 e. The van der Waals surface area contributed by atoms with Crippen molar-refractivity contribution in [2.45, 2.75) is 33.2 Å². The Kier molecular flexibility index (Phi) is 3.97. The van der Waals surface area contributed by atoms with Crippen LogP contribution in [-0.2, 0) is 17.8 Å². The minimum absolute atomic E-state index is 0.0217. The van der Waals surface area contributed by atoms with Gasteiger partial charge in [-0.2, -0.15) is 0 Å². The lowest BCUT2D eigenvalue weighted by atomic mass is 9.91. The summed E-state index contributed by atoms with van der Waals surface area (Å²) in [7, 11) is 0. The van der Waals surface area contributed by atoms with Gasteiger partial charge in [0.15, 0.2) is 0 Å². The molecule has 3 nitrogen and oxygen atoms in total. The molecule has 3 heteroatoms. The summed E-state index contributed by atoms with van der Waals surface area (Å²) in [6, 6.07) is 13.2. The second-order valence-electron chi connectivity index (χ2n) is 6.13. The number of hydrogen-bond donors (Lipinski definition) is 0. The topological polar surface area (TPSA) is 39.1 Å². The number of aromatic nitrogens is 1. The van der Waals surface area contributed by atoms with E-state index in [4.69, 9.17) is 0 Å². The first-order valence-electron chi connectivity index (χ1n) is 7.93. The molecule has 2 unspecified atom stereocenters. The van der Waals surface area contributed by atoms with Crippen molar-refractivity contribution < 1.29 is 9.59 Å². The average Bonchev–Trinajstić information content (AvgIpc) is 3.14. The number of carbonyl (C=O) groups excluding carboxylic acids is 2. The van der Waals surface area contributed by atoms with E-state index in [1.54, 1.807) is 0 Å². The Balaban J connectivity index is 1.83. The predicted molar refractivity (Wildman–Crippen MR) is 86.0 cm³/mol. The molecule has 0 bridgehead atoms. The van der Waals surface area contributed by atoms with Crippen LogP contribution in [0.3, 0.4) is 0 Å². The summed E-state index contributed by atoms with van der Waals surface area (Å²) >= 11 is 0. The minimum Gasteiger partial charge on any atom is -0.341 e. The van der Waals surface area contributed by atoms with E-state index in [9.17, 15) is 9.59 Å².